The van der Waals surface area contributed by atoms with E-state index in [1.54, 1.807) is 0 Å². The number of hydrogen-bond donors (Lipinski definition) is 1. The number of ketones is 1. The highest BCUT2D eigenvalue weighted by Crippen LogP contribution is 2.28. The molecule has 0 bridgehead atoms. The van der Waals surface area contributed by atoms with Crippen molar-refractivity contribution in [3.63, 3.8) is 0 Å². The molecule has 0 atom stereocenters. The number of allylic oxidation sites excluding steroid dienone is 2. The fraction of sp³-hybridized carbons (Fsp3) is 0.857. The van der Waals surface area contributed by atoms with Crippen LogP contribution < -0.4 is 0 Å². The molecule has 0 aromatic rings. The molecule has 0 aliphatic heterocycles. The summed E-state index contributed by atoms with van der Waals surface area (Å²) >= 11 is 0. The first-order valence-electron chi connectivity index (χ1n) is 13.5. The van der Waals surface area contributed by atoms with Crippen LogP contribution in [0.15, 0.2) is 12.2 Å². The molecule has 0 radical (unpaired) electrons. The highest BCUT2D eigenvalue weighted by molar-refractivity contribution is 5.98. The Morgan fingerprint density at radius 3 is 1.56 bits per heavy atom. The molecule has 0 saturated carbocycles. The molecule has 0 unspecified atom stereocenters. The van der Waals surface area contributed by atoms with Gasteiger partial charge in [0.25, 0.3) is 0 Å². The fourth-order valence-electron chi connectivity index (χ4n) is 4.06. The van der Waals surface area contributed by atoms with Crippen LogP contribution in [-0.4, -0.2) is 52.2 Å². The summed E-state index contributed by atoms with van der Waals surface area (Å²) < 4.78 is 11.8. The maximum atomic E-state index is 12.7. The Kier molecular flexibility index (Phi) is 23.8. The summed E-state index contributed by atoms with van der Waals surface area (Å²) in [4.78, 5) is 23.8. The fourth-order valence-corrected chi connectivity index (χ4v) is 4.06. The van der Waals surface area contributed by atoms with Crippen molar-refractivity contribution in [2.75, 3.05) is 0 Å². The van der Waals surface area contributed by atoms with Crippen molar-refractivity contribution in [2.45, 2.75) is 155 Å². The molecule has 0 aromatic carbocycles. The molecule has 1 N–H and O–H groups in total. The van der Waals surface area contributed by atoms with E-state index in [2.05, 4.69) is 19.1 Å². The molecule has 0 amide bonds. The largest absolute Gasteiger partial charge is 0.481 e. The quantitative estimate of drug-likeness (QED) is 0.0550. The van der Waals surface area contributed by atoms with Crippen LogP contribution in [0.4, 0.5) is 0 Å². The van der Waals surface area contributed by atoms with Gasteiger partial charge in [-0.15, -0.1) is 0 Å². The monoisotopic (exact) mass is 498 g/mol. The molecule has 0 heterocycles. The second-order valence-electron chi connectivity index (χ2n) is 9.77. The zero-order valence-electron chi connectivity index (χ0n) is 22.2. The summed E-state index contributed by atoms with van der Waals surface area (Å²) in [5.41, 5.74) is 0. The highest BCUT2D eigenvalue weighted by atomic mass is 27.0. The van der Waals surface area contributed by atoms with Crippen LogP contribution in [0.2, 0.25) is 0 Å². The Labute approximate surface area is 220 Å². The van der Waals surface area contributed by atoms with Crippen LogP contribution in [0, 0.1) is 0 Å². The predicted octanol–water partition coefficient (Wildman–Crippen LogP) is 6.82. The summed E-state index contributed by atoms with van der Waals surface area (Å²) in [5, 5.41) is 9.09. The molecular weight excluding hydrogens is 443 g/mol. The molecule has 0 fully saturated rings. The third kappa shape index (κ3) is 19.6. The smallest absolute Gasteiger partial charge is 0.311 e. The maximum absolute atomic E-state index is 12.7. The van der Waals surface area contributed by atoms with Gasteiger partial charge in [-0.2, -0.15) is 0 Å². The average Bonchev–Trinajstić information content (AvgIpc) is 2.71. The van der Waals surface area contributed by atoms with E-state index < -0.39 is 24.0 Å². The van der Waals surface area contributed by atoms with E-state index in [1.165, 1.54) is 64.2 Å². The lowest BCUT2D eigenvalue weighted by Crippen LogP contribution is -2.48. The summed E-state index contributed by atoms with van der Waals surface area (Å²) in [6.07, 6.45) is 21.0. The number of hydrogen-bond acceptors (Lipinski definition) is 4. The Morgan fingerprint density at radius 2 is 1.15 bits per heavy atom. The van der Waals surface area contributed by atoms with Crippen molar-refractivity contribution in [1.29, 1.82) is 0 Å². The molecule has 0 rings (SSSR count). The summed E-state index contributed by atoms with van der Waals surface area (Å²) in [6.45, 7) is 9.62. The minimum absolute atomic E-state index is 0. The molecule has 0 spiro atoms. The molecule has 5 nitrogen and oxygen atoms in total. The molecule has 0 aromatic heterocycles. The van der Waals surface area contributed by atoms with Crippen LogP contribution >= 0.6 is 0 Å². The van der Waals surface area contributed by atoms with Crippen molar-refractivity contribution in [3.05, 3.63) is 12.2 Å². The first-order chi connectivity index (χ1) is 15.7. The Hall–Kier alpha value is -0.668. The van der Waals surface area contributed by atoms with Crippen molar-refractivity contribution >= 4 is 29.1 Å². The molecular formula is C28H55AlO5. The van der Waals surface area contributed by atoms with Gasteiger partial charge in [0.2, 0.25) is 11.6 Å². The van der Waals surface area contributed by atoms with Crippen LogP contribution in [0.1, 0.15) is 137 Å². The van der Waals surface area contributed by atoms with Gasteiger partial charge >= 0.3 is 5.97 Å². The lowest BCUT2D eigenvalue weighted by molar-refractivity contribution is -0.258. The SMILES string of the molecule is CCCCCCCCC=CCCCCCCCCC(OC(C)C)(OC(C)C)C(=O)CC(=O)O.[AlH3]. The van der Waals surface area contributed by atoms with Crippen LogP contribution in [0.5, 0.6) is 0 Å². The van der Waals surface area contributed by atoms with Gasteiger partial charge in [0, 0.05) is 6.42 Å². The van der Waals surface area contributed by atoms with Gasteiger partial charge in [-0.25, -0.2) is 0 Å². The standard InChI is InChI=1S/C28H52O5.Al.3H/c1-6-7-8-9-10-11-12-13-14-15-16-17-18-19-20-21-22-28(32-24(2)3,33-25(4)5)26(29)23-27(30)31;;;;/h13-14,24-25H,6-12,15-23H2,1-5H3,(H,30,31);;;;. The Bertz CT molecular complexity index is 521. The number of carbonyl (C=O) groups is 2. The molecule has 0 aliphatic carbocycles. The number of carboxylic acid groups (broad SMARTS) is 1. The average molecular weight is 499 g/mol. The number of aliphatic carboxylic acids is 1. The summed E-state index contributed by atoms with van der Waals surface area (Å²) in [6, 6.07) is 0. The van der Waals surface area contributed by atoms with Crippen LogP contribution in [0.25, 0.3) is 0 Å². The van der Waals surface area contributed by atoms with Gasteiger partial charge in [0.05, 0.1) is 12.2 Å². The molecule has 0 aliphatic rings. The van der Waals surface area contributed by atoms with E-state index in [-0.39, 0.29) is 29.6 Å². The second-order valence-corrected chi connectivity index (χ2v) is 9.77. The van der Waals surface area contributed by atoms with Crippen molar-refractivity contribution in [2.24, 2.45) is 0 Å². The normalized spacial score (nSPS) is 12.0. The number of Topliss-reactive ketones (excluding diaryl/α,β-unsaturated/α-hetero) is 1. The zero-order chi connectivity index (χ0) is 25.0. The third-order valence-corrected chi connectivity index (χ3v) is 5.61. The van der Waals surface area contributed by atoms with Gasteiger partial charge in [0.15, 0.2) is 17.4 Å². The van der Waals surface area contributed by atoms with Gasteiger partial charge in [-0.05, 0) is 59.8 Å². The second kappa shape index (κ2) is 22.8. The van der Waals surface area contributed by atoms with E-state index in [0.717, 1.165) is 25.7 Å². The van der Waals surface area contributed by atoms with E-state index in [1.807, 2.05) is 27.7 Å². The number of carboxylic acids is 1. The first-order valence-corrected chi connectivity index (χ1v) is 13.5. The third-order valence-electron chi connectivity index (χ3n) is 5.61. The van der Waals surface area contributed by atoms with Gasteiger partial charge in [-0.3, -0.25) is 9.59 Å². The number of ether oxygens (including phenoxy) is 2. The minimum Gasteiger partial charge on any atom is -0.481 e. The van der Waals surface area contributed by atoms with E-state index >= 15 is 0 Å². The van der Waals surface area contributed by atoms with Gasteiger partial charge in [0.1, 0.15) is 6.42 Å². The van der Waals surface area contributed by atoms with Gasteiger partial charge < -0.3 is 14.6 Å². The zero-order valence-corrected chi connectivity index (χ0v) is 22.2. The Balaban J connectivity index is 0. The summed E-state index contributed by atoms with van der Waals surface area (Å²) in [5.74, 6) is -3.10. The predicted molar refractivity (Wildman–Crippen MR) is 146 cm³/mol. The molecule has 0 saturated heterocycles. The van der Waals surface area contributed by atoms with Crippen LogP contribution in [-0.2, 0) is 19.1 Å². The van der Waals surface area contributed by atoms with Crippen molar-refractivity contribution < 1.29 is 24.2 Å². The maximum Gasteiger partial charge on any atom is 0.311 e. The Morgan fingerprint density at radius 1 is 0.735 bits per heavy atom. The van der Waals surface area contributed by atoms with E-state index in [9.17, 15) is 9.59 Å². The summed E-state index contributed by atoms with van der Waals surface area (Å²) in [7, 11) is 0. The molecule has 200 valence electrons. The van der Waals surface area contributed by atoms with Gasteiger partial charge in [-0.1, -0.05) is 76.9 Å². The van der Waals surface area contributed by atoms with E-state index in [4.69, 9.17) is 14.6 Å². The lowest BCUT2D eigenvalue weighted by atomic mass is 9.99. The minimum atomic E-state index is -1.46. The molecule has 6 heteroatoms. The highest BCUT2D eigenvalue weighted by Gasteiger charge is 2.42. The number of unbranched alkanes of at least 4 members (excludes halogenated alkanes) is 12. The van der Waals surface area contributed by atoms with Crippen LogP contribution in [0.3, 0.4) is 0 Å². The number of carbonyl (C=O) groups excluding carboxylic acids is 1. The number of rotatable bonds is 23. The molecule has 34 heavy (non-hydrogen) atoms. The van der Waals surface area contributed by atoms with Crippen molar-refractivity contribution in [3.8, 4) is 0 Å². The van der Waals surface area contributed by atoms with Crippen molar-refractivity contribution in [1.82, 2.24) is 0 Å². The lowest BCUT2D eigenvalue weighted by Gasteiger charge is -2.35. The van der Waals surface area contributed by atoms with E-state index in [0.29, 0.717) is 6.42 Å². The first kappa shape index (κ1) is 35.5. The topological polar surface area (TPSA) is 72.8 Å².